The first-order valence-electron chi connectivity index (χ1n) is 6.25. The Morgan fingerprint density at radius 2 is 2.11 bits per heavy atom. The highest BCUT2D eigenvalue weighted by molar-refractivity contribution is 5.96. The van der Waals surface area contributed by atoms with Crippen molar-refractivity contribution in [3.05, 3.63) is 30.5 Å². The molecule has 19 heavy (non-hydrogen) atoms. The van der Waals surface area contributed by atoms with E-state index in [0.717, 1.165) is 29.4 Å². The number of amides is 1. The van der Waals surface area contributed by atoms with Crippen LogP contribution in [-0.2, 0) is 16.1 Å². The van der Waals surface area contributed by atoms with Gasteiger partial charge in [-0.1, -0.05) is 0 Å². The van der Waals surface area contributed by atoms with E-state index in [-0.39, 0.29) is 18.4 Å². The molecule has 0 spiro atoms. The molecule has 1 aliphatic carbocycles. The molecule has 1 aromatic carbocycles. The van der Waals surface area contributed by atoms with Crippen molar-refractivity contribution in [2.24, 2.45) is 5.92 Å². The first kappa shape index (κ1) is 11.8. The second kappa shape index (κ2) is 4.42. The van der Waals surface area contributed by atoms with Gasteiger partial charge in [-0.25, -0.2) is 0 Å². The first-order valence-corrected chi connectivity index (χ1v) is 6.25. The summed E-state index contributed by atoms with van der Waals surface area (Å²) in [7, 11) is 0. The second-order valence-electron chi connectivity index (χ2n) is 4.87. The van der Waals surface area contributed by atoms with Crippen LogP contribution in [0.2, 0.25) is 0 Å². The predicted molar refractivity (Wildman–Crippen MR) is 70.9 cm³/mol. The lowest BCUT2D eigenvalue weighted by atomic mass is 10.2. The minimum atomic E-state index is -0.872. The number of aromatic nitrogens is 1. The van der Waals surface area contributed by atoms with Gasteiger partial charge >= 0.3 is 5.97 Å². The number of carboxylic acids is 1. The smallest absolute Gasteiger partial charge is 0.323 e. The molecule has 5 heteroatoms. The van der Waals surface area contributed by atoms with Crippen molar-refractivity contribution < 1.29 is 14.7 Å². The maximum absolute atomic E-state index is 11.7. The Labute approximate surface area is 109 Å². The molecule has 1 fully saturated rings. The molecule has 2 N–H and O–H groups in total. The molecule has 1 saturated carbocycles. The van der Waals surface area contributed by atoms with E-state index in [0.29, 0.717) is 0 Å². The van der Waals surface area contributed by atoms with E-state index in [1.54, 1.807) is 16.8 Å². The van der Waals surface area contributed by atoms with E-state index in [9.17, 15) is 9.59 Å². The molecule has 0 unspecified atom stereocenters. The Balaban J connectivity index is 1.85. The number of anilines is 1. The molecule has 0 radical (unpaired) electrons. The minimum Gasteiger partial charge on any atom is -0.480 e. The van der Waals surface area contributed by atoms with Crippen molar-refractivity contribution in [1.29, 1.82) is 0 Å². The Bertz CT molecular complexity index is 656. The fraction of sp³-hybridized carbons (Fsp3) is 0.286. The average molecular weight is 258 g/mol. The van der Waals surface area contributed by atoms with Gasteiger partial charge in [-0.05, 0) is 37.1 Å². The summed E-state index contributed by atoms with van der Waals surface area (Å²) in [6.45, 7) is -0.0583. The summed E-state index contributed by atoms with van der Waals surface area (Å²) in [4.78, 5) is 22.4. The second-order valence-corrected chi connectivity index (χ2v) is 4.87. The summed E-state index contributed by atoms with van der Waals surface area (Å²) in [6.07, 6.45) is 3.69. The van der Waals surface area contributed by atoms with Crippen molar-refractivity contribution in [2.45, 2.75) is 19.4 Å². The summed E-state index contributed by atoms with van der Waals surface area (Å²) < 4.78 is 1.67. The molecule has 1 aliphatic rings. The molecule has 0 atom stereocenters. The molecule has 98 valence electrons. The van der Waals surface area contributed by atoms with Gasteiger partial charge in [0.2, 0.25) is 5.91 Å². The molecule has 5 nitrogen and oxygen atoms in total. The van der Waals surface area contributed by atoms with Crippen LogP contribution in [0.15, 0.2) is 30.5 Å². The lowest BCUT2D eigenvalue weighted by Crippen LogP contribution is -2.13. The molecule has 0 saturated heterocycles. The summed E-state index contributed by atoms with van der Waals surface area (Å²) >= 11 is 0. The lowest BCUT2D eigenvalue weighted by molar-refractivity contribution is -0.137. The van der Waals surface area contributed by atoms with E-state index in [1.807, 2.05) is 18.2 Å². The highest BCUT2D eigenvalue weighted by Gasteiger charge is 2.29. The number of fused-ring (bicyclic) bond motifs is 1. The van der Waals surface area contributed by atoms with Crippen molar-refractivity contribution in [3.63, 3.8) is 0 Å². The maximum atomic E-state index is 11.7. The highest BCUT2D eigenvalue weighted by atomic mass is 16.4. The monoisotopic (exact) mass is 258 g/mol. The third kappa shape index (κ3) is 2.45. The standard InChI is InChI=1S/C14H14N2O3/c17-13(18)8-16-6-5-10-7-11(3-4-12(10)16)15-14(19)9-1-2-9/h3-7,9H,1-2,8H2,(H,15,19)(H,17,18). The molecule has 2 aromatic rings. The van der Waals surface area contributed by atoms with Crippen LogP contribution in [0.4, 0.5) is 5.69 Å². The third-order valence-electron chi connectivity index (χ3n) is 3.29. The van der Waals surface area contributed by atoms with E-state index in [4.69, 9.17) is 5.11 Å². The van der Waals surface area contributed by atoms with Crippen molar-refractivity contribution in [2.75, 3.05) is 5.32 Å². The maximum Gasteiger partial charge on any atom is 0.323 e. The van der Waals surface area contributed by atoms with Crippen molar-refractivity contribution >= 4 is 28.5 Å². The van der Waals surface area contributed by atoms with Crippen molar-refractivity contribution in [3.8, 4) is 0 Å². The van der Waals surface area contributed by atoms with Crippen LogP contribution in [0.25, 0.3) is 10.9 Å². The number of carboxylic acid groups (broad SMARTS) is 1. The van der Waals surface area contributed by atoms with Gasteiger partial charge in [0.1, 0.15) is 6.54 Å². The number of hydrogen-bond donors (Lipinski definition) is 2. The minimum absolute atomic E-state index is 0.0583. The zero-order chi connectivity index (χ0) is 13.4. The molecular weight excluding hydrogens is 244 g/mol. The fourth-order valence-electron chi connectivity index (χ4n) is 2.15. The van der Waals surface area contributed by atoms with Crippen LogP contribution >= 0.6 is 0 Å². The first-order chi connectivity index (χ1) is 9.13. The number of benzene rings is 1. The molecule has 1 heterocycles. The zero-order valence-electron chi connectivity index (χ0n) is 10.3. The summed E-state index contributed by atoms with van der Waals surface area (Å²) in [6, 6.07) is 7.36. The highest BCUT2D eigenvalue weighted by Crippen LogP contribution is 2.30. The number of rotatable bonds is 4. The number of aliphatic carboxylic acids is 1. The number of hydrogen-bond acceptors (Lipinski definition) is 2. The molecular formula is C14H14N2O3. The largest absolute Gasteiger partial charge is 0.480 e. The van der Waals surface area contributed by atoms with Crippen LogP contribution in [-0.4, -0.2) is 21.6 Å². The molecule has 1 amide bonds. The fourth-order valence-corrected chi connectivity index (χ4v) is 2.15. The van der Waals surface area contributed by atoms with Gasteiger partial charge in [0.15, 0.2) is 0 Å². The van der Waals surface area contributed by atoms with E-state index in [2.05, 4.69) is 5.32 Å². The van der Waals surface area contributed by atoms with Gasteiger partial charge in [0.25, 0.3) is 0 Å². The molecule has 3 rings (SSSR count). The Morgan fingerprint density at radius 1 is 1.32 bits per heavy atom. The normalized spacial score (nSPS) is 14.5. The lowest BCUT2D eigenvalue weighted by Gasteiger charge is -2.05. The Morgan fingerprint density at radius 3 is 2.79 bits per heavy atom. The van der Waals surface area contributed by atoms with Gasteiger partial charge in [0, 0.05) is 28.7 Å². The van der Waals surface area contributed by atoms with E-state index >= 15 is 0 Å². The van der Waals surface area contributed by atoms with Crippen molar-refractivity contribution in [1.82, 2.24) is 4.57 Å². The SMILES string of the molecule is O=C(O)Cn1ccc2cc(NC(=O)C3CC3)ccc21. The van der Waals surface area contributed by atoms with Crippen LogP contribution in [0.3, 0.4) is 0 Å². The van der Waals surface area contributed by atoms with E-state index < -0.39 is 5.97 Å². The summed E-state index contributed by atoms with van der Waals surface area (Å²) in [5, 5.41) is 12.6. The summed E-state index contributed by atoms with van der Waals surface area (Å²) in [5.41, 5.74) is 1.62. The third-order valence-corrected chi connectivity index (χ3v) is 3.29. The Hall–Kier alpha value is -2.30. The van der Waals surface area contributed by atoms with Gasteiger partial charge < -0.3 is 15.0 Å². The van der Waals surface area contributed by atoms with Crippen LogP contribution in [0.1, 0.15) is 12.8 Å². The van der Waals surface area contributed by atoms with Gasteiger partial charge in [-0.3, -0.25) is 9.59 Å². The topological polar surface area (TPSA) is 71.3 Å². The van der Waals surface area contributed by atoms with Crippen LogP contribution < -0.4 is 5.32 Å². The van der Waals surface area contributed by atoms with Crippen LogP contribution in [0.5, 0.6) is 0 Å². The van der Waals surface area contributed by atoms with Gasteiger partial charge in [-0.15, -0.1) is 0 Å². The summed E-state index contributed by atoms with van der Waals surface area (Å²) in [5.74, 6) is -0.625. The molecule has 1 aromatic heterocycles. The molecule has 0 aliphatic heterocycles. The van der Waals surface area contributed by atoms with Gasteiger partial charge in [-0.2, -0.15) is 0 Å². The number of nitrogens with one attached hydrogen (secondary N) is 1. The molecule has 0 bridgehead atoms. The predicted octanol–water partition coefficient (Wildman–Crippen LogP) is 2.07. The number of carbonyl (C=O) groups excluding carboxylic acids is 1. The quantitative estimate of drug-likeness (QED) is 0.881. The number of carbonyl (C=O) groups is 2. The zero-order valence-corrected chi connectivity index (χ0v) is 10.3. The van der Waals surface area contributed by atoms with Gasteiger partial charge in [0.05, 0.1) is 0 Å². The van der Waals surface area contributed by atoms with Crippen LogP contribution in [0, 0.1) is 5.92 Å². The Kier molecular flexibility index (Phi) is 2.74. The van der Waals surface area contributed by atoms with E-state index in [1.165, 1.54) is 0 Å². The number of nitrogens with zero attached hydrogens (tertiary/aromatic N) is 1. The average Bonchev–Trinajstić information content (AvgIpc) is 3.13.